The zero-order valence-corrected chi connectivity index (χ0v) is 8.38. The van der Waals surface area contributed by atoms with Gasteiger partial charge in [0.2, 0.25) is 0 Å². The van der Waals surface area contributed by atoms with Crippen molar-refractivity contribution < 1.29 is 9.47 Å². The number of nitriles is 1. The minimum absolute atomic E-state index is 0.104. The van der Waals surface area contributed by atoms with Gasteiger partial charge in [0.15, 0.2) is 0 Å². The molecular weight excluding hydrogens is 168 g/mol. The highest BCUT2D eigenvalue weighted by Crippen LogP contribution is 1.89. The van der Waals surface area contributed by atoms with E-state index in [9.17, 15) is 0 Å². The van der Waals surface area contributed by atoms with Gasteiger partial charge in [-0.3, -0.25) is 0 Å². The van der Waals surface area contributed by atoms with Crippen molar-refractivity contribution in [3.63, 3.8) is 0 Å². The number of unbranched alkanes of at least 4 members (excludes halogenated alkanes) is 1. The molecule has 0 rings (SSSR count). The summed E-state index contributed by atoms with van der Waals surface area (Å²) in [4.78, 5) is 0. The molecular formula is C9H18N2O2. The van der Waals surface area contributed by atoms with Gasteiger partial charge in [-0.25, -0.2) is 0 Å². The first kappa shape index (κ1) is 12.4. The molecule has 0 amide bonds. The van der Waals surface area contributed by atoms with Crippen LogP contribution in [-0.2, 0) is 9.47 Å². The molecule has 0 spiro atoms. The molecule has 0 aromatic carbocycles. The molecule has 1 unspecified atom stereocenters. The lowest BCUT2D eigenvalue weighted by Crippen LogP contribution is -2.32. The standard InChI is InChI=1S/C9H18N2O2/c1-12-8-9(13-2)7-11-6-4-3-5-10/h9,11H,3-4,6-8H2,1-2H3. The highest BCUT2D eigenvalue weighted by Gasteiger charge is 2.04. The van der Waals surface area contributed by atoms with Crippen molar-refractivity contribution in [2.75, 3.05) is 33.9 Å². The molecule has 4 nitrogen and oxygen atoms in total. The Morgan fingerprint density at radius 1 is 1.46 bits per heavy atom. The van der Waals surface area contributed by atoms with Gasteiger partial charge in [-0.05, 0) is 13.0 Å². The molecule has 1 N–H and O–H groups in total. The lowest BCUT2D eigenvalue weighted by molar-refractivity contribution is 0.0290. The van der Waals surface area contributed by atoms with Crippen LogP contribution in [0.2, 0.25) is 0 Å². The minimum Gasteiger partial charge on any atom is -0.382 e. The molecule has 76 valence electrons. The predicted octanol–water partition coefficient (Wildman–Crippen LogP) is 0.541. The SMILES string of the molecule is COCC(CNCCCC#N)OC. The maximum absolute atomic E-state index is 8.28. The van der Waals surface area contributed by atoms with E-state index in [1.807, 2.05) is 0 Å². The second kappa shape index (κ2) is 9.46. The number of nitrogens with zero attached hydrogens (tertiary/aromatic N) is 1. The predicted molar refractivity (Wildman–Crippen MR) is 50.4 cm³/mol. The van der Waals surface area contributed by atoms with Crippen LogP contribution in [0.1, 0.15) is 12.8 Å². The Balaban J connectivity index is 3.23. The Kier molecular flexibility index (Phi) is 9.00. The van der Waals surface area contributed by atoms with Gasteiger partial charge in [-0.15, -0.1) is 0 Å². The molecule has 0 saturated carbocycles. The van der Waals surface area contributed by atoms with Crippen LogP contribution in [0.3, 0.4) is 0 Å². The summed E-state index contributed by atoms with van der Waals surface area (Å²) in [5.41, 5.74) is 0. The molecule has 13 heavy (non-hydrogen) atoms. The van der Waals surface area contributed by atoms with Crippen LogP contribution in [0.15, 0.2) is 0 Å². The fourth-order valence-electron chi connectivity index (χ4n) is 0.952. The lowest BCUT2D eigenvalue weighted by Gasteiger charge is -2.14. The van der Waals surface area contributed by atoms with E-state index in [2.05, 4.69) is 11.4 Å². The minimum atomic E-state index is 0.104. The third kappa shape index (κ3) is 7.72. The third-order valence-electron chi connectivity index (χ3n) is 1.70. The fraction of sp³-hybridized carbons (Fsp3) is 0.889. The van der Waals surface area contributed by atoms with E-state index in [0.29, 0.717) is 13.0 Å². The van der Waals surface area contributed by atoms with Crippen LogP contribution in [0, 0.1) is 11.3 Å². The monoisotopic (exact) mass is 186 g/mol. The molecule has 0 fully saturated rings. The number of rotatable bonds is 8. The van der Waals surface area contributed by atoms with Crippen molar-refractivity contribution >= 4 is 0 Å². The highest BCUT2D eigenvalue weighted by molar-refractivity contribution is 4.69. The fourth-order valence-corrected chi connectivity index (χ4v) is 0.952. The van der Waals surface area contributed by atoms with Gasteiger partial charge >= 0.3 is 0 Å². The average molecular weight is 186 g/mol. The number of hydrogen-bond donors (Lipinski definition) is 1. The van der Waals surface area contributed by atoms with Crippen LogP contribution in [-0.4, -0.2) is 40.0 Å². The summed E-state index contributed by atoms with van der Waals surface area (Å²) in [7, 11) is 3.32. The molecule has 0 aliphatic heterocycles. The van der Waals surface area contributed by atoms with E-state index in [1.165, 1.54) is 0 Å². The number of nitrogens with one attached hydrogen (secondary N) is 1. The molecule has 0 heterocycles. The Bertz CT molecular complexity index is 145. The molecule has 0 radical (unpaired) electrons. The second-order valence-corrected chi connectivity index (χ2v) is 2.78. The number of ether oxygens (including phenoxy) is 2. The van der Waals surface area contributed by atoms with Gasteiger partial charge in [-0.1, -0.05) is 0 Å². The van der Waals surface area contributed by atoms with Crippen molar-refractivity contribution in [2.45, 2.75) is 18.9 Å². The van der Waals surface area contributed by atoms with Crippen molar-refractivity contribution in [3.8, 4) is 6.07 Å². The number of hydrogen-bond acceptors (Lipinski definition) is 4. The molecule has 0 aromatic rings. The van der Waals surface area contributed by atoms with Gasteiger partial charge < -0.3 is 14.8 Å². The van der Waals surface area contributed by atoms with E-state index >= 15 is 0 Å². The Morgan fingerprint density at radius 2 is 2.23 bits per heavy atom. The van der Waals surface area contributed by atoms with E-state index in [0.717, 1.165) is 19.5 Å². The van der Waals surface area contributed by atoms with Crippen LogP contribution < -0.4 is 5.32 Å². The highest BCUT2D eigenvalue weighted by atomic mass is 16.5. The van der Waals surface area contributed by atoms with Crippen LogP contribution in [0.5, 0.6) is 0 Å². The molecule has 1 atom stereocenters. The van der Waals surface area contributed by atoms with Crippen molar-refractivity contribution in [1.82, 2.24) is 5.32 Å². The van der Waals surface area contributed by atoms with Crippen molar-refractivity contribution in [2.24, 2.45) is 0 Å². The van der Waals surface area contributed by atoms with E-state index in [4.69, 9.17) is 14.7 Å². The normalized spacial score (nSPS) is 12.4. The van der Waals surface area contributed by atoms with Gasteiger partial charge in [0.1, 0.15) is 0 Å². The summed E-state index contributed by atoms with van der Waals surface area (Å²) < 4.78 is 10.1. The van der Waals surface area contributed by atoms with E-state index in [1.54, 1.807) is 14.2 Å². The van der Waals surface area contributed by atoms with Gasteiger partial charge in [0, 0.05) is 27.2 Å². The largest absolute Gasteiger partial charge is 0.382 e. The summed E-state index contributed by atoms with van der Waals surface area (Å²) in [6.45, 7) is 2.23. The van der Waals surface area contributed by atoms with Gasteiger partial charge in [-0.2, -0.15) is 5.26 Å². The summed E-state index contributed by atoms with van der Waals surface area (Å²) >= 11 is 0. The van der Waals surface area contributed by atoms with Gasteiger partial charge in [0.05, 0.1) is 18.8 Å². The molecule has 0 aliphatic rings. The molecule has 4 heteroatoms. The quantitative estimate of drug-likeness (QED) is 0.562. The van der Waals surface area contributed by atoms with Crippen LogP contribution in [0.4, 0.5) is 0 Å². The number of methoxy groups -OCH3 is 2. The molecule has 0 saturated heterocycles. The second-order valence-electron chi connectivity index (χ2n) is 2.78. The zero-order chi connectivity index (χ0) is 9.94. The Labute approximate surface area is 79.8 Å². The first-order chi connectivity index (χ1) is 6.35. The molecule has 0 aliphatic carbocycles. The smallest absolute Gasteiger partial charge is 0.0928 e. The summed E-state index contributed by atoms with van der Waals surface area (Å²) in [5, 5.41) is 11.5. The lowest BCUT2D eigenvalue weighted by atomic mass is 10.3. The maximum atomic E-state index is 8.28. The maximum Gasteiger partial charge on any atom is 0.0928 e. The van der Waals surface area contributed by atoms with Crippen molar-refractivity contribution in [3.05, 3.63) is 0 Å². The zero-order valence-electron chi connectivity index (χ0n) is 8.38. The summed E-state index contributed by atoms with van der Waals surface area (Å²) in [5.74, 6) is 0. The Morgan fingerprint density at radius 3 is 2.77 bits per heavy atom. The molecule has 0 aromatic heterocycles. The van der Waals surface area contributed by atoms with Crippen molar-refractivity contribution in [1.29, 1.82) is 5.26 Å². The van der Waals surface area contributed by atoms with E-state index in [-0.39, 0.29) is 6.10 Å². The average Bonchev–Trinajstić information content (AvgIpc) is 2.16. The van der Waals surface area contributed by atoms with Crippen LogP contribution in [0.25, 0.3) is 0 Å². The Hall–Kier alpha value is -0.630. The first-order valence-electron chi connectivity index (χ1n) is 4.44. The summed E-state index contributed by atoms with van der Waals surface area (Å²) in [6, 6.07) is 2.10. The molecule has 0 bridgehead atoms. The summed E-state index contributed by atoms with van der Waals surface area (Å²) in [6.07, 6.45) is 1.60. The van der Waals surface area contributed by atoms with Crippen LogP contribution >= 0.6 is 0 Å². The van der Waals surface area contributed by atoms with E-state index < -0.39 is 0 Å². The topological polar surface area (TPSA) is 54.3 Å². The van der Waals surface area contributed by atoms with Gasteiger partial charge in [0.25, 0.3) is 0 Å². The third-order valence-corrected chi connectivity index (χ3v) is 1.70. The first-order valence-corrected chi connectivity index (χ1v) is 4.44.